The molecule has 1 atom stereocenters. The fraction of sp³-hybridized carbons (Fsp3) is 1.00. The van der Waals surface area contributed by atoms with E-state index in [1.165, 1.54) is 17.9 Å². The summed E-state index contributed by atoms with van der Waals surface area (Å²) in [6.07, 6.45) is 1.66. The molecule has 1 unspecified atom stereocenters. The Morgan fingerprint density at radius 3 is 2.86 bits per heavy atom. The highest BCUT2D eigenvalue weighted by molar-refractivity contribution is 7.99. The molecular weight excluding hydrogens is 198 g/mol. The van der Waals surface area contributed by atoms with E-state index in [0.29, 0.717) is 6.61 Å². The van der Waals surface area contributed by atoms with Crippen LogP contribution in [0.25, 0.3) is 0 Å². The molecule has 3 nitrogen and oxygen atoms in total. The Labute approximate surface area is 91.6 Å². The summed E-state index contributed by atoms with van der Waals surface area (Å²) in [5, 5.41) is 12.6. The van der Waals surface area contributed by atoms with Crippen molar-refractivity contribution < 1.29 is 9.84 Å². The van der Waals surface area contributed by atoms with Crippen LogP contribution in [0.15, 0.2) is 0 Å². The minimum atomic E-state index is -0.322. The van der Waals surface area contributed by atoms with Gasteiger partial charge >= 0.3 is 0 Å². The molecular formula is C10H23NO2S. The number of rotatable bonds is 10. The molecule has 0 rings (SSSR count). The molecule has 0 spiro atoms. The number of nitrogens with one attached hydrogen (secondary N) is 1. The number of hydrogen-bond donors (Lipinski definition) is 2. The van der Waals surface area contributed by atoms with E-state index in [0.717, 1.165) is 19.5 Å². The van der Waals surface area contributed by atoms with E-state index >= 15 is 0 Å². The third-order valence-corrected chi connectivity index (χ3v) is 2.85. The highest BCUT2D eigenvalue weighted by Gasteiger charge is 2.01. The maximum absolute atomic E-state index is 9.32. The summed E-state index contributed by atoms with van der Waals surface area (Å²) in [4.78, 5) is 0. The van der Waals surface area contributed by atoms with Crippen molar-refractivity contribution in [2.24, 2.45) is 0 Å². The van der Waals surface area contributed by atoms with Crippen molar-refractivity contribution in [3.63, 3.8) is 0 Å². The topological polar surface area (TPSA) is 41.5 Å². The Morgan fingerprint density at radius 2 is 2.21 bits per heavy atom. The molecule has 4 heteroatoms. The Hall–Kier alpha value is 0.230. The fourth-order valence-corrected chi connectivity index (χ4v) is 1.75. The van der Waals surface area contributed by atoms with Gasteiger partial charge in [-0.15, -0.1) is 0 Å². The molecule has 0 bridgehead atoms. The summed E-state index contributed by atoms with van der Waals surface area (Å²) in [6.45, 7) is 4.54. The SMILES string of the molecule is CCSCCCNCCC(O)COC. The van der Waals surface area contributed by atoms with Gasteiger partial charge in [0.1, 0.15) is 0 Å². The molecule has 2 N–H and O–H groups in total. The zero-order valence-corrected chi connectivity index (χ0v) is 10.1. The third-order valence-electron chi connectivity index (χ3n) is 1.86. The largest absolute Gasteiger partial charge is 0.391 e. The highest BCUT2D eigenvalue weighted by atomic mass is 32.2. The van der Waals surface area contributed by atoms with Crippen molar-refractivity contribution in [3.05, 3.63) is 0 Å². The van der Waals surface area contributed by atoms with Crippen LogP contribution < -0.4 is 5.32 Å². The Morgan fingerprint density at radius 1 is 1.43 bits per heavy atom. The minimum absolute atomic E-state index is 0.322. The molecule has 0 aliphatic rings. The smallest absolute Gasteiger partial charge is 0.0785 e. The Bertz CT molecular complexity index is 114. The van der Waals surface area contributed by atoms with Crippen molar-refractivity contribution in [3.8, 4) is 0 Å². The van der Waals surface area contributed by atoms with Gasteiger partial charge in [0.2, 0.25) is 0 Å². The number of aliphatic hydroxyl groups excluding tert-OH is 1. The first-order chi connectivity index (χ1) is 6.81. The van der Waals surface area contributed by atoms with Crippen LogP contribution in [0.4, 0.5) is 0 Å². The van der Waals surface area contributed by atoms with E-state index in [9.17, 15) is 5.11 Å². The summed E-state index contributed by atoms with van der Waals surface area (Å²) < 4.78 is 4.83. The van der Waals surface area contributed by atoms with Gasteiger partial charge in [-0.25, -0.2) is 0 Å². The number of hydrogen-bond acceptors (Lipinski definition) is 4. The first kappa shape index (κ1) is 14.2. The number of ether oxygens (including phenoxy) is 1. The molecule has 0 radical (unpaired) electrons. The van der Waals surface area contributed by atoms with Crippen LogP contribution in [0.2, 0.25) is 0 Å². The summed E-state index contributed by atoms with van der Waals surface area (Å²) in [5.41, 5.74) is 0. The van der Waals surface area contributed by atoms with Gasteiger partial charge in [-0.1, -0.05) is 6.92 Å². The average molecular weight is 221 g/mol. The van der Waals surface area contributed by atoms with Gasteiger partial charge in [0, 0.05) is 7.11 Å². The average Bonchev–Trinajstić information content (AvgIpc) is 2.17. The Balaban J connectivity index is 2.98. The van der Waals surface area contributed by atoms with E-state index in [1.54, 1.807) is 7.11 Å². The quantitative estimate of drug-likeness (QED) is 0.542. The van der Waals surface area contributed by atoms with Gasteiger partial charge in [-0.3, -0.25) is 0 Å². The van der Waals surface area contributed by atoms with Crippen LogP contribution >= 0.6 is 11.8 Å². The molecule has 0 saturated carbocycles. The van der Waals surface area contributed by atoms with Crippen molar-refractivity contribution in [2.75, 3.05) is 38.3 Å². The molecule has 0 aromatic heterocycles. The maximum atomic E-state index is 9.32. The normalized spacial score (nSPS) is 13.1. The van der Waals surface area contributed by atoms with E-state index in [1.807, 2.05) is 11.8 Å². The van der Waals surface area contributed by atoms with Gasteiger partial charge in [0.05, 0.1) is 12.7 Å². The van der Waals surface area contributed by atoms with Crippen molar-refractivity contribution in [2.45, 2.75) is 25.9 Å². The molecule has 0 fully saturated rings. The van der Waals surface area contributed by atoms with Gasteiger partial charge in [0.15, 0.2) is 0 Å². The van der Waals surface area contributed by atoms with Crippen molar-refractivity contribution in [1.82, 2.24) is 5.32 Å². The molecule has 0 heterocycles. The number of aliphatic hydroxyl groups is 1. The van der Waals surface area contributed by atoms with Gasteiger partial charge < -0.3 is 15.2 Å². The van der Waals surface area contributed by atoms with E-state index in [-0.39, 0.29) is 6.10 Å². The van der Waals surface area contributed by atoms with Crippen LogP contribution in [-0.4, -0.2) is 49.5 Å². The lowest BCUT2D eigenvalue weighted by atomic mass is 10.2. The zero-order chi connectivity index (χ0) is 10.6. The lowest BCUT2D eigenvalue weighted by Crippen LogP contribution is -2.24. The summed E-state index contributed by atoms with van der Waals surface area (Å²) in [6, 6.07) is 0. The van der Waals surface area contributed by atoms with E-state index in [4.69, 9.17) is 4.74 Å². The molecule has 0 aliphatic carbocycles. The van der Waals surface area contributed by atoms with Crippen LogP contribution in [0, 0.1) is 0 Å². The molecule has 86 valence electrons. The maximum Gasteiger partial charge on any atom is 0.0785 e. The zero-order valence-electron chi connectivity index (χ0n) is 9.29. The van der Waals surface area contributed by atoms with Gasteiger partial charge in [-0.05, 0) is 37.4 Å². The van der Waals surface area contributed by atoms with Crippen LogP contribution in [0.3, 0.4) is 0 Å². The monoisotopic (exact) mass is 221 g/mol. The lowest BCUT2D eigenvalue weighted by Gasteiger charge is -2.09. The van der Waals surface area contributed by atoms with E-state index in [2.05, 4.69) is 12.2 Å². The predicted octanol–water partition coefficient (Wildman–Crippen LogP) is 1.12. The fourth-order valence-electron chi connectivity index (χ4n) is 1.11. The van der Waals surface area contributed by atoms with Gasteiger partial charge in [0.25, 0.3) is 0 Å². The van der Waals surface area contributed by atoms with Crippen LogP contribution in [-0.2, 0) is 4.74 Å². The predicted molar refractivity (Wildman–Crippen MR) is 63.0 cm³/mol. The molecule has 0 aromatic carbocycles. The Kier molecular flexibility index (Phi) is 11.5. The second-order valence-electron chi connectivity index (χ2n) is 3.20. The summed E-state index contributed by atoms with van der Waals surface area (Å²) in [7, 11) is 1.61. The van der Waals surface area contributed by atoms with Crippen LogP contribution in [0.1, 0.15) is 19.8 Å². The highest BCUT2D eigenvalue weighted by Crippen LogP contribution is 1.99. The van der Waals surface area contributed by atoms with Gasteiger partial charge in [-0.2, -0.15) is 11.8 Å². The molecule has 0 aromatic rings. The summed E-state index contributed by atoms with van der Waals surface area (Å²) >= 11 is 1.97. The molecule has 0 amide bonds. The lowest BCUT2D eigenvalue weighted by molar-refractivity contribution is 0.0595. The standard InChI is InChI=1S/C10H23NO2S/c1-3-14-8-4-6-11-7-5-10(12)9-13-2/h10-12H,3-9H2,1-2H3. The minimum Gasteiger partial charge on any atom is -0.391 e. The second-order valence-corrected chi connectivity index (χ2v) is 4.59. The second kappa shape index (κ2) is 11.3. The first-order valence-electron chi connectivity index (χ1n) is 5.26. The molecule has 14 heavy (non-hydrogen) atoms. The first-order valence-corrected chi connectivity index (χ1v) is 6.42. The van der Waals surface area contributed by atoms with E-state index < -0.39 is 0 Å². The van der Waals surface area contributed by atoms with Crippen LogP contribution in [0.5, 0.6) is 0 Å². The number of methoxy groups -OCH3 is 1. The third kappa shape index (κ3) is 10.3. The number of thioether (sulfide) groups is 1. The van der Waals surface area contributed by atoms with Crippen molar-refractivity contribution in [1.29, 1.82) is 0 Å². The summed E-state index contributed by atoms with van der Waals surface area (Å²) in [5.74, 6) is 2.43. The molecule has 0 saturated heterocycles. The van der Waals surface area contributed by atoms with Crippen molar-refractivity contribution >= 4 is 11.8 Å². The molecule has 0 aliphatic heterocycles.